The van der Waals surface area contributed by atoms with Crippen LogP contribution in [-0.4, -0.2) is 36.4 Å². The second kappa shape index (κ2) is 11.4. The number of nitrogens with zero attached hydrogens (tertiary/aromatic N) is 2. The second-order valence-corrected chi connectivity index (χ2v) is 8.63. The SMILES string of the molecule is COC(=O)c1ccc(-n2c(C)cc(/C=N/NC(=O)COc3ccc(-c4ccccc4)cc3)c2C)c(C)c1. The van der Waals surface area contributed by atoms with Gasteiger partial charge in [0.2, 0.25) is 0 Å². The average molecular weight is 496 g/mol. The number of benzene rings is 3. The Balaban J connectivity index is 1.36. The number of carbonyl (C=O) groups excluding carboxylic acids is 2. The molecule has 188 valence electrons. The van der Waals surface area contributed by atoms with Crippen molar-refractivity contribution in [3.8, 4) is 22.6 Å². The predicted octanol–water partition coefficient (Wildman–Crippen LogP) is 5.39. The fraction of sp³-hybridized carbons (Fsp3) is 0.167. The van der Waals surface area contributed by atoms with Crippen LogP contribution in [0.25, 0.3) is 16.8 Å². The molecule has 0 radical (unpaired) electrons. The molecule has 1 aromatic heterocycles. The molecule has 1 amide bonds. The summed E-state index contributed by atoms with van der Waals surface area (Å²) in [5.41, 5.74) is 9.94. The van der Waals surface area contributed by atoms with Crippen molar-refractivity contribution >= 4 is 18.1 Å². The normalized spacial score (nSPS) is 10.9. The Bertz CT molecular complexity index is 1440. The van der Waals surface area contributed by atoms with E-state index in [1.807, 2.05) is 93.6 Å². The van der Waals surface area contributed by atoms with Crippen molar-refractivity contribution in [2.24, 2.45) is 5.10 Å². The molecule has 0 unspecified atom stereocenters. The van der Waals surface area contributed by atoms with Crippen LogP contribution in [0.5, 0.6) is 5.75 Å². The minimum atomic E-state index is -0.368. The van der Waals surface area contributed by atoms with E-state index in [9.17, 15) is 9.59 Å². The number of methoxy groups -OCH3 is 1. The number of hydrogen-bond donors (Lipinski definition) is 1. The summed E-state index contributed by atoms with van der Waals surface area (Å²) in [5.74, 6) is -0.116. The van der Waals surface area contributed by atoms with Crippen molar-refractivity contribution in [2.45, 2.75) is 20.8 Å². The predicted molar refractivity (Wildman–Crippen MR) is 144 cm³/mol. The highest BCUT2D eigenvalue weighted by molar-refractivity contribution is 5.90. The van der Waals surface area contributed by atoms with Crippen LogP contribution in [0.2, 0.25) is 0 Å². The van der Waals surface area contributed by atoms with Gasteiger partial charge in [0.1, 0.15) is 5.75 Å². The van der Waals surface area contributed by atoms with Crippen LogP contribution in [0, 0.1) is 20.8 Å². The molecule has 4 rings (SSSR count). The molecule has 1 N–H and O–H groups in total. The van der Waals surface area contributed by atoms with Crippen molar-refractivity contribution in [1.29, 1.82) is 0 Å². The van der Waals surface area contributed by atoms with Gasteiger partial charge in [-0.3, -0.25) is 4.79 Å². The van der Waals surface area contributed by atoms with Crippen LogP contribution in [0.1, 0.15) is 32.9 Å². The Hall–Kier alpha value is -4.65. The quantitative estimate of drug-likeness (QED) is 0.202. The molecule has 0 saturated heterocycles. The fourth-order valence-electron chi connectivity index (χ4n) is 4.17. The maximum atomic E-state index is 12.2. The van der Waals surface area contributed by atoms with Crippen LogP contribution in [0.3, 0.4) is 0 Å². The summed E-state index contributed by atoms with van der Waals surface area (Å²) < 4.78 is 12.5. The lowest BCUT2D eigenvalue weighted by molar-refractivity contribution is -0.123. The maximum absolute atomic E-state index is 12.2. The van der Waals surface area contributed by atoms with Gasteiger partial charge in [-0.25, -0.2) is 10.2 Å². The maximum Gasteiger partial charge on any atom is 0.337 e. The van der Waals surface area contributed by atoms with E-state index in [-0.39, 0.29) is 18.5 Å². The standard InChI is InChI=1S/C30H29N3O4/c1-20-16-25(30(35)36-4)12-15-28(20)33-21(2)17-26(22(33)3)18-31-32-29(34)19-37-27-13-10-24(11-14-27)23-8-6-5-7-9-23/h5-18H,19H2,1-4H3,(H,32,34)/b31-18+. The van der Waals surface area contributed by atoms with E-state index < -0.39 is 0 Å². The van der Waals surface area contributed by atoms with E-state index in [1.54, 1.807) is 12.3 Å². The number of esters is 1. The van der Waals surface area contributed by atoms with Crippen LogP contribution >= 0.6 is 0 Å². The van der Waals surface area contributed by atoms with Gasteiger partial charge < -0.3 is 14.0 Å². The molecule has 0 aliphatic heterocycles. The molecule has 7 nitrogen and oxygen atoms in total. The third kappa shape index (κ3) is 5.95. The number of ether oxygens (including phenoxy) is 2. The van der Waals surface area contributed by atoms with Gasteiger partial charge in [0.05, 0.1) is 18.9 Å². The third-order valence-electron chi connectivity index (χ3n) is 6.05. The lowest BCUT2D eigenvalue weighted by atomic mass is 10.1. The molecular formula is C30H29N3O4. The molecule has 0 spiro atoms. The van der Waals surface area contributed by atoms with Crippen LogP contribution in [0.15, 0.2) is 84.0 Å². The first-order valence-electron chi connectivity index (χ1n) is 11.9. The van der Waals surface area contributed by atoms with Gasteiger partial charge in [-0.05, 0) is 73.9 Å². The molecule has 0 aliphatic rings. The Labute approximate surface area is 216 Å². The molecule has 0 aliphatic carbocycles. The summed E-state index contributed by atoms with van der Waals surface area (Å²) in [6.07, 6.45) is 1.61. The molecule has 7 heteroatoms. The molecule has 0 fully saturated rings. The summed E-state index contributed by atoms with van der Waals surface area (Å²) in [4.78, 5) is 24.1. The van der Waals surface area contributed by atoms with Crippen LogP contribution in [0.4, 0.5) is 0 Å². The Kier molecular flexibility index (Phi) is 7.83. The summed E-state index contributed by atoms with van der Waals surface area (Å²) >= 11 is 0. The molecule has 0 bridgehead atoms. The van der Waals surface area contributed by atoms with E-state index >= 15 is 0 Å². The van der Waals surface area contributed by atoms with Crippen molar-refractivity contribution in [1.82, 2.24) is 9.99 Å². The molecule has 0 atom stereocenters. The van der Waals surface area contributed by atoms with Gasteiger partial charge in [0, 0.05) is 22.6 Å². The monoisotopic (exact) mass is 495 g/mol. The Morgan fingerprint density at radius 3 is 2.30 bits per heavy atom. The number of nitrogens with one attached hydrogen (secondary N) is 1. The minimum Gasteiger partial charge on any atom is -0.484 e. The van der Waals surface area contributed by atoms with Crippen LogP contribution < -0.4 is 10.2 Å². The van der Waals surface area contributed by atoms with Gasteiger partial charge >= 0.3 is 5.97 Å². The van der Waals surface area contributed by atoms with Gasteiger partial charge in [0.15, 0.2) is 6.61 Å². The minimum absolute atomic E-state index is 0.146. The van der Waals surface area contributed by atoms with Gasteiger partial charge in [-0.2, -0.15) is 5.10 Å². The van der Waals surface area contributed by atoms with E-state index in [4.69, 9.17) is 9.47 Å². The molecule has 0 saturated carbocycles. The van der Waals surface area contributed by atoms with E-state index in [2.05, 4.69) is 15.1 Å². The molecule has 1 heterocycles. The number of aromatic nitrogens is 1. The van der Waals surface area contributed by atoms with Gasteiger partial charge in [-0.15, -0.1) is 0 Å². The van der Waals surface area contributed by atoms with Crippen molar-refractivity contribution in [3.05, 3.63) is 107 Å². The summed E-state index contributed by atoms with van der Waals surface area (Å²) in [6, 6.07) is 25.1. The van der Waals surface area contributed by atoms with E-state index in [0.717, 1.165) is 39.3 Å². The Morgan fingerprint density at radius 2 is 1.62 bits per heavy atom. The lowest BCUT2D eigenvalue weighted by Gasteiger charge is -2.13. The summed E-state index contributed by atoms with van der Waals surface area (Å²) in [7, 11) is 1.37. The van der Waals surface area contributed by atoms with E-state index in [1.165, 1.54) is 7.11 Å². The highest BCUT2D eigenvalue weighted by Gasteiger charge is 2.14. The van der Waals surface area contributed by atoms with Crippen molar-refractivity contribution in [2.75, 3.05) is 13.7 Å². The van der Waals surface area contributed by atoms with Gasteiger partial charge in [0.25, 0.3) is 5.91 Å². The van der Waals surface area contributed by atoms with Gasteiger partial charge in [-0.1, -0.05) is 42.5 Å². The molecule has 37 heavy (non-hydrogen) atoms. The lowest BCUT2D eigenvalue weighted by Crippen LogP contribution is -2.24. The number of rotatable bonds is 8. The topological polar surface area (TPSA) is 81.9 Å². The zero-order chi connectivity index (χ0) is 26.4. The zero-order valence-electron chi connectivity index (χ0n) is 21.3. The zero-order valence-corrected chi connectivity index (χ0v) is 21.3. The highest BCUT2D eigenvalue weighted by atomic mass is 16.5. The smallest absolute Gasteiger partial charge is 0.337 e. The molecule has 4 aromatic rings. The van der Waals surface area contributed by atoms with Crippen molar-refractivity contribution < 1.29 is 19.1 Å². The summed E-state index contributed by atoms with van der Waals surface area (Å²) in [5, 5.41) is 4.11. The first kappa shape index (κ1) is 25.4. The average Bonchev–Trinajstić information content (AvgIpc) is 3.20. The van der Waals surface area contributed by atoms with E-state index in [0.29, 0.717) is 11.3 Å². The number of amides is 1. The number of aryl methyl sites for hydroxylation is 2. The first-order valence-corrected chi connectivity index (χ1v) is 11.9. The highest BCUT2D eigenvalue weighted by Crippen LogP contribution is 2.24. The number of hydrogen-bond acceptors (Lipinski definition) is 5. The number of hydrazone groups is 1. The summed E-state index contributed by atoms with van der Waals surface area (Å²) in [6.45, 7) is 5.77. The first-order chi connectivity index (χ1) is 17.9. The second-order valence-electron chi connectivity index (χ2n) is 8.63. The molecule has 3 aromatic carbocycles. The fourth-order valence-corrected chi connectivity index (χ4v) is 4.17. The van der Waals surface area contributed by atoms with Crippen LogP contribution in [-0.2, 0) is 9.53 Å². The third-order valence-corrected chi connectivity index (χ3v) is 6.05. The Morgan fingerprint density at radius 1 is 0.919 bits per heavy atom. The largest absolute Gasteiger partial charge is 0.484 e. The van der Waals surface area contributed by atoms with Crippen molar-refractivity contribution in [3.63, 3.8) is 0 Å². The molecular weight excluding hydrogens is 466 g/mol. The number of carbonyl (C=O) groups is 2.